The van der Waals surface area contributed by atoms with Gasteiger partial charge >= 0.3 is 0 Å². The summed E-state index contributed by atoms with van der Waals surface area (Å²) in [5, 5.41) is 13.9. The van der Waals surface area contributed by atoms with Gasteiger partial charge in [0.15, 0.2) is 0 Å². The average Bonchev–Trinajstić information content (AvgIpc) is 2.85. The predicted molar refractivity (Wildman–Crippen MR) is 138 cm³/mol. The van der Waals surface area contributed by atoms with Crippen LogP contribution in [-0.4, -0.2) is 42.8 Å². The fourth-order valence-electron chi connectivity index (χ4n) is 3.33. The second-order valence-corrected chi connectivity index (χ2v) is 8.36. The maximum absolute atomic E-state index is 13.3. The zero-order valence-electron chi connectivity index (χ0n) is 19.7. The molecule has 0 unspecified atom stereocenters. The molecular weight excluding hydrogens is 468 g/mol. The average molecular weight is 497 g/mol. The molecule has 1 aliphatic carbocycles. The number of amides is 2. The molecular formula is C25H29ClN6O3. The lowest BCUT2D eigenvalue weighted by Gasteiger charge is -2.21. The molecule has 0 aliphatic heterocycles. The third-order valence-corrected chi connectivity index (χ3v) is 5.58. The van der Waals surface area contributed by atoms with Crippen molar-refractivity contribution >= 4 is 40.8 Å². The highest BCUT2D eigenvalue weighted by Gasteiger charge is 2.21. The van der Waals surface area contributed by atoms with Crippen LogP contribution in [0.4, 0.5) is 11.5 Å². The maximum Gasteiger partial charge on any atom is 0.259 e. The first-order valence-electron chi connectivity index (χ1n) is 11.2. The molecule has 35 heavy (non-hydrogen) atoms. The number of rotatable bonds is 9. The van der Waals surface area contributed by atoms with Gasteiger partial charge in [0.25, 0.3) is 11.8 Å². The Morgan fingerprint density at radius 2 is 2.03 bits per heavy atom. The quantitative estimate of drug-likeness (QED) is 0.236. The van der Waals surface area contributed by atoms with E-state index in [1.807, 2.05) is 6.08 Å². The number of allylic oxidation sites excluding steroid dienone is 2. The van der Waals surface area contributed by atoms with E-state index in [0.717, 1.165) is 0 Å². The van der Waals surface area contributed by atoms with Crippen LogP contribution in [0.2, 0.25) is 5.02 Å². The van der Waals surface area contributed by atoms with Gasteiger partial charge < -0.3 is 26.0 Å². The normalized spacial score (nSPS) is 12.8. The molecule has 1 aliphatic rings. The van der Waals surface area contributed by atoms with Gasteiger partial charge in [0, 0.05) is 30.7 Å². The van der Waals surface area contributed by atoms with Gasteiger partial charge in [-0.1, -0.05) is 23.8 Å². The van der Waals surface area contributed by atoms with Gasteiger partial charge in [-0.25, -0.2) is 4.98 Å². The van der Waals surface area contributed by atoms with Gasteiger partial charge in [-0.2, -0.15) is 0 Å². The Kier molecular flexibility index (Phi) is 8.99. The number of aromatic nitrogens is 1. The predicted octanol–water partition coefficient (Wildman–Crippen LogP) is 3.87. The van der Waals surface area contributed by atoms with Crippen molar-refractivity contribution in [3.05, 3.63) is 70.5 Å². The number of carbonyl (C=O) groups excluding carboxylic acids is 2. The number of halogens is 1. The molecule has 1 heterocycles. The van der Waals surface area contributed by atoms with Gasteiger partial charge in [0.05, 0.1) is 28.6 Å². The van der Waals surface area contributed by atoms with Crippen molar-refractivity contribution in [2.24, 2.45) is 5.73 Å². The second-order valence-electron chi connectivity index (χ2n) is 7.92. The van der Waals surface area contributed by atoms with Crippen molar-refractivity contribution in [1.82, 2.24) is 10.3 Å². The zero-order chi connectivity index (χ0) is 25.4. The molecule has 1 aromatic heterocycles. The van der Waals surface area contributed by atoms with Crippen molar-refractivity contribution in [1.29, 1.82) is 5.41 Å². The summed E-state index contributed by atoms with van der Waals surface area (Å²) >= 11 is 5.86. The second kappa shape index (κ2) is 12.1. The van der Waals surface area contributed by atoms with Crippen molar-refractivity contribution in [3.63, 3.8) is 0 Å². The Bertz CT molecular complexity index is 1160. The van der Waals surface area contributed by atoms with E-state index in [1.54, 1.807) is 55.3 Å². The van der Waals surface area contributed by atoms with Crippen LogP contribution in [0.5, 0.6) is 5.75 Å². The Morgan fingerprint density at radius 3 is 2.71 bits per heavy atom. The van der Waals surface area contributed by atoms with Crippen LogP contribution in [-0.2, 0) is 4.79 Å². The zero-order valence-corrected chi connectivity index (χ0v) is 20.5. The number of benzene rings is 1. The number of carbonyl (C=O) groups is 2. The third-order valence-electron chi connectivity index (χ3n) is 5.35. The lowest BCUT2D eigenvalue weighted by molar-refractivity contribution is -0.112. The number of amidine groups is 1. The van der Waals surface area contributed by atoms with Gasteiger partial charge in [-0.15, -0.1) is 0 Å². The number of hydrogen-bond acceptors (Lipinski definition) is 6. The lowest BCUT2D eigenvalue weighted by Crippen LogP contribution is -2.29. The SMILES string of the molecule is CC(=N)N(C)c1ccc(C(=O)NC2=C(C(=O)Nc3ccc(Cl)cn3)C=CCC2)c(OCCCN)c1. The highest BCUT2D eigenvalue weighted by molar-refractivity contribution is 6.30. The Labute approximate surface area is 209 Å². The minimum absolute atomic E-state index is 0.322. The van der Waals surface area contributed by atoms with Crippen molar-refractivity contribution in [2.75, 3.05) is 30.4 Å². The number of hydrogen-bond donors (Lipinski definition) is 4. The van der Waals surface area contributed by atoms with E-state index in [1.165, 1.54) is 6.20 Å². The lowest BCUT2D eigenvalue weighted by atomic mass is 10.0. The summed E-state index contributed by atoms with van der Waals surface area (Å²) in [7, 11) is 1.76. The van der Waals surface area contributed by atoms with E-state index in [4.69, 9.17) is 27.5 Å². The molecule has 0 bridgehead atoms. The fraction of sp³-hybridized carbons (Fsp3) is 0.280. The topological polar surface area (TPSA) is 133 Å². The monoisotopic (exact) mass is 496 g/mol. The van der Waals surface area contributed by atoms with Crippen LogP contribution in [0.15, 0.2) is 60.0 Å². The smallest absolute Gasteiger partial charge is 0.259 e. The molecule has 10 heteroatoms. The molecule has 0 radical (unpaired) electrons. The van der Waals surface area contributed by atoms with Crippen LogP contribution >= 0.6 is 11.6 Å². The van der Waals surface area contributed by atoms with Gasteiger partial charge in [0.2, 0.25) is 0 Å². The van der Waals surface area contributed by atoms with Crippen molar-refractivity contribution in [2.45, 2.75) is 26.2 Å². The van der Waals surface area contributed by atoms with Crippen LogP contribution in [0, 0.1) is 5.41 Å². The van der Waals surface area contributed by atoms with Crippen molar-refractivity contribution in [3.8, 4) is 5.75 Å². The van der Waals surface area contributed by atoms with Crippen molar-refractivity contribution < 1.29 is 14.3 Å². The number of pyridine rings is 1. The molecule has 0 spiro atoms. The molecule has 2 amide bonds. The molecule has 2 aromatic rings. The van der Waals surface area contributed by atoms with E-state index in [9.17, 15) is 9.59 Å². The third kappa shape index (κ3) is 6.91. The van der Waals surface area contributed by atoms with E-state index in [-0.39, 0.29) is 5.91 Å². The number of nitrogens with one attached hydrogen (secondary N) is 3. The molecule has 184 valence electrons. The minimum Gasteiger partial charge on any atom is -0.493 e. The summed E-state index contributed by atoms with van der Waals surface area (Å²) in [6.07, 6.45) is 6.82. The van der Waals surface area contributed by atoms with Gasteiger partial charge in [0.1, 0.15) is 11.6 Å². The van der Waals surface area contributed by atoms with Crippen LogP contribution in [0.1, 0.15) is 36.5 Å². The van der Waals surface area contributed by atoms with Gasteiger partial charge in [-0.3, -0.25) is 15.0 Å². The minimum atomic E-state index is -0.395. The summed E-state index contributed by atoms with van der Waals surface area (Å²) < 4.78 is 5.86. The molecule has 9 nitrogen and oxygen atoms in total. The molecule has 0 saturated carbocycles. The Balaban J connectivity index is 1.85. The summed E-state index contributed by atoms with van der Waals surface area (Å²) in [6, 6.07) is 8.35. The fourth-order valence-corrected chi connectivity index (χ4v) is 3.44. The van der Waals surface area contributed by atoms with Crippen LogP contribution < -0.4 is 26.0 Å². The Morgan fingerprint density at radius 1 is 1.23 bits per heavy atom. The molecule has 0 fully saturated rings. The number of anilines is 2. The summed E-state index contributed by atoms with van der Waals surface area (Å²) in [6.45, 7) is 2.48. The highest BCUT2D eigenvalue weighted by Crippen LogP contribution is 2.27. The number of nitrogens with two attached hydrogens (primary N) is 1. The molecule has 0 saturated heterocycles. The molecule has 3 rings (SSSR count). The van der Waals surface area contributed by atoms with E-state index < -0.39 is 5.91 Å². The van der Waals surface area contributed by atoms with E-state index in [0.29, 0.717) is 77.4 Å². The van der Waals surface area contributed by atoms with Crippen LogP contribution in [0.25, 0.3) is 0 Å². The highest BCUT2D eigenvalue weighted by atomic mass is 35.5. The summed E-state index contributed by atoms with van der Waals surface area (Å²) in [5.41, 5.74) is 7.48. The molecule has 5 N–H and O–H groups in total. The molecule has 0 atom stereocenters. The largest absolute Gasteiger partial charge is 0.493 e. The summed E-state index contributed by atoms with van der Waals surface area (Å²) in [5.74, 6) is 0.302. The number of nitrogens with zero attached hydrogens (tertiary/aromatic N) is 2. The number of ether oxygens (including phenoxy) is 1. The van der Waals surface area contributed by atoms with Crippen LogP contribution in [0.3, 0.4) is 0 Å². The van der Waals surface area contributed by atoms with Gasteiger partial charge in [-0.05, 0) is 57.0 Å². The van der Waals surface area contributed by atoms with E-state index >= 15 is 0 Å². The standard InChI is InChI=1S/C25H29ClN6O3/c1-16(28)32(2)18-9-10-20(22(14-18)35-13-5-12-27)25(34)30-21-7-4-3-6-19(21)24(33)31-23-11-8-17(26)15-29-23/h3,6,8-11,14-15,28H,4-5,7,12-13,27H2,1-2H3,(H,30,34)(H,29,31,33). The first kappa shape index (κ1) is 25.9. The van der Waals surface area contributed by atoms with E-state index in [2.05, 4.69) is 15.6 Å². The molecule has 1 aromatic carbocycles. The first-order chi connectivity index (χ1) is 16.8. The maximum atomic E-state index is 13.3. The first-order valence-corrected chi connectivity index (χ1v) is 11.6. The summed E-state index contributed by atoms with van der Waals surface area (Å²) in [4.78, 5) is 31.9. The Hall–Kier alpha value is -3.69.